The maximum atomic E-state index is 12.5. The van der Waals surface area contributed by atoms with Crippen LogP contribution >= 0.6 is 11.6 Å². The topological polar surface area (TPSA) is 62.6 Å². The molecule has 2 aromatic carbocycles. The molecule has 0 saturated heterocycles. The Morgan fingerprint density at radius 3 is 2.32 bits per heavy atom. The summed E-state index contributed by atoms with van der Waals surface area (Å²) in [5.41, 5.74) is 1.91. The lowest BCUT2D eigenvalue weighted by Crippen LogP contribution is -3.15. The molecular formula is C22H29ClN3O2+. The van der Waals surface area contributed by atoms with E-state index in [2.05, 4.69) is 29.7 Å². The van der Waals surface area contributed by atoms with Crippen molar-refractivity contribution < 1.29 is 14.5 Å². The molecule has 0 bridgehead atoms. The molecule has 0 aliphatic heterocycles. The van der Waals surface area contributed by atoms with E-state index in [-0.39, 0.29) is 30.3 Å². The third-order valence-corrected chi connectivity index (χ3v) is 5.24. The highest BCUT2D eigenvalue weighted by Crippen LogP contribution is 2.17. The van der Waals surface area contributed by atoms with Gasteiger partial charge in [0, 0.05) is 23.2 Å². The lowest BCUT2D eigenvalue weighted by atomic mass is 9.96. The molecule has 1 unspecified atom stereocenters. The third kappa shape index (κ3) is 6.66. The van der Waals surface area contributed by atoms with Crippen molar-refractivity contribution in [3.05, 3.63) is 65.2 Å². The van der Waals surface area contributed by atoms with E-state index in [4.69, 9.17) is 11.6 Å². The summed E-state index contributed by atoms with van der Waals surface area (Å²) in [5, 5.41) is 6.48. The molecule has 0 aliphatic rings. The van der Waals surface area contributed by atoms with Crippen molar-refractivity contribution in [2.45, 2.75) is 32.2 Å². The van der Waals surface area contributed by atoms with Gasteiger partial charge >= 0.3 is 0 Å². The number of carbonyl (C=O) groups is 2. The SMILES string of the molecule is CC[C@H](CNC(=O)[C@H](C)[NH+](C)CC(=O)Nc1ccc(Cl)cc1)c1ccccc1. The van der Waals surface area contributed by atoms with Crippen LogP contribution in [0, 0.1) is 0 Å². The Balaban J connectivity index is 1.82. The van der Waals surface area contributed by atoms with Crippen LogP contribution < -0.4 is 15.5 Å². The predicted octanol–water partition coefficient (Wildman–Crippen LogP) is 2.49. The van der Waals surface area contributed by atoms with Crippen LogP contribution in [-0.2, 0) is 9.59 Å². The fourth-order valence-corrected chi connectivity index (χ4v) is 3.09. The summed E-state index contributed by atoms with van der Waals surface area (Å²) in [6.07, 6.45) is 0.949. The Morgan fingerprint density at radius 2 is 1.71 bits per heavy atom. The minimum absolute atomic E-state index is 0.0498. The standard InChI is InChI=1S/C22H28ClN3O2/c1-4-17(18-8-6-5-7-9-18)14-24-22(28)16(2)26(3)15-21(27)25-20-12-10-19(23)11-13-20/h5-13,16-17H,4,14-15H2,1-3H3,(H,24,28)(H,25,27)/p+1/t16-,17+/m0/s1. The van der Waals surface area contributed by atoms with Gasteiger partial charge < -0.3 is 15.5 Å². The number of hydrogen-bond acceptors (Lipinski definition) is 2. The van der Waals surface area contributed by atoms with E-state index in [9.17, 15) is 9.59 Å². The summed E-state index contributed by atoms with van der Waals surface area (Å²) in [5.74, 6) is 0.0900. The third-order valence-electron chi connectivity index (χ3n) is 4.99. The molecular weight excluding hydrogens is 374 g/mol. The van der Waals surface area contributed by atoms with Gasteiger partial charge in [-0.2, -0.15) is 0 Å². The zero-order valence-corrected chi connectivity index (χ0v) is 17.4. The van der Waals surface area contributed by atoms with Crippen LogP contribution in [0.1, 0.15) is 31.7 Å². The Kier molecular flexibility index (Phi) is 8.48. The van der Waals surface area contributed by atoms with Crippen molar-refractivity contribution >= 4 is 29.1 Å². The Hall–Kier alpha value is -2.37. The van der Waals surface area contributed by atoms with Gasteiger partial charge in [0.1, 0.15) is 0 Å². The van der Waals surface area contributed by atoms with Gasteiger partial charge in [0.05, 0.1) is 7.05 Å². The second-order valence-electron chi connectivity index (χ2n) is 7.06. The minimum atomic E-state index is -0.329. The number of rotatable bonds is 9. The van der Waals surface area contributed by atoms with Gasteiger partial charge in [0.25, 0.3) is 11.8 Å². The smallest absolute Gasteiger partial charge is 0.279 e. The van der Waals surface area contributed by atoms with Crippen LogP contribution in [0.3, 0.4) is 0 Å². The van der Waals surface area contributed by atoms with Crippen LogP contribution in [0.25, 0.3) is 0 Å². The van der Waals surface area contributed by atoms with Gasteiger partial charge in [-0.25, -0.2) is 0 Å². The fourth-order valence-electron chi connectivity index (χ4n) is 2.97. The van der Waals surface area contributed by atoms with E-state index in [1.165, 1.54) is 5.56 Å². The number of benzene rings is 2. The molecule has 28 heavy (non-hydrogen) atoms. The number of anilines is 1. The van der Waals surface area contributed by atoms with Gasteiger partial charge in [-0.05, 0) is 43.2 Å². The van der Waals surface area contributed by atoms with Gasteiger partial charge in [-0.1, -0.05) is 48.9 Å². The van der Waals surface area contributed by atoms with E-state index < -0.39 is 0 Å². The highest BCUT2D eigenvalue weighted by atomic mass is 35.5. The van der Waals surface area contributed by atoms with Crippen molar-refractivity contribution in [3.63, 3.8) is 0 Å². The zero-order valence-electron chi connectivity index (χ0n) is 16.7. The maximum absolute atomic E-state index is 12.5. The van der Waals surface area contributed by atoms with Crippen molar-refractivity contribution in [3.8, 4) is 0 Å². The highest BCUT2D eigenvalue weighted by Gasteiger charge is 2.24. The summed E-state index contributed by atoms with van der Waals surface area (Å²) >= 11 is 5.85. The maximum Gasteiger partial charge on any atom is 0.279 e. The molecule has 6 heteroatoms. The predicted molar refractivity (Wildman–Crippen MR) is 114 cm³/mol. The summed E-state index contributed by atoms with van der Waals surface area (Å²) < 4.78 is 0. The second-order valence-corrected chi connectivity index (χ2v) is 7.50. The molecule has 2 amide bonds. The number of halogens is 1. The summed E-state index contributed by atoms with van der Waals surface area (Å²) in [6.45, 7) is 4.75. The molecule has 3 N–H and O–H groups in total. The Labute approximate surface area is 172 Å². The molecule has 0 aliphatic carbocycles. The van der Waals surface area contributed by atoms with Gasteiger partial charge in [-0.3, -0.25) is 9.59 Å². The average molecular weight is 403 g/mol. The van der Waals surface area contributed by atoms with E-state index in [1.807, 2.05) is 32.2 Å². The van der Waals surface area contributed by atoms with Gasteiger partial charge in [0.15, 0.2) is 12.6 Å². The molecule has 0 fully saturated rings. The first-order chi connectivity index (χ1) is 13.4. The van der Waals surface area contributed by atoms with Crippen LogP contribution in [0.5, 0.6) is 0 Å². The molecule has 0 spiro atoms. The zero-order chi connectivity index (χ0) is 20.5. The van der Waals surface area contributed by atoms with E-state index in [1.54, 1.807) is 24.3 Å². The van der Waals surface area contributed by atoms with Crippen molar-refractivity contribution in [1.82, 2.24) is 5.32 Å². The van der Waals surface area contributed by atoms with Crippen LogP contribution in [0.4, 0.5) is 5.69 Å². The van der Waals surface area contributed by atoms with Gasteiger partial charge in [-0.15, -0.1) is 0 Å². The average Bonchev–Trinajstić information content (AvgIpc) is 2.70. The van der Waals surface area contributed by atoms with Crippen LogP contribution in [0.15, 0.2) is 54.6 Å². The number of likely N-dealkylation sites (N-methyl/N-ethyl adjacent to an activating group) is 1. The van der Waals surface area contributed by atoms with Gasteiger partial charge in [0.2, 0.25) is 0 Å². The molecule has 2 rings (SSSR count). The molecule has 3 atom stereocenters. The van der Waals surface area contributed by atoms with Crippen LogP contribution in [-0.4, -0.2) is 38.0 Å². The quantitative estimate of drug-likeness (QED) is 0.603. The lowest BCUT2D eigenvalue weighted by molar-refractivity contribution is -0.885. The molecule has 0 radical (unpaired) electrons. The highest BCUT2D eigenvalue weighted by molar-refractivity contribution is 6.30. The summed E-state index contributed by atoms with van der Waals surface area (Å²) in [7, 11) is 1.85. The number of nitrogens with one attached hydrogen (secondary N) is 3. The molecule has 150 valence electrons. The van der Waals surface area contributed by atoms with Crippen molar-refractivity contribution in [2.75, 3.05) is 25.5 Å². The van der Waals surface area contributed by atoms with E-state index in [0.717, 1.165) is 11.3 Å². The molecule has 2 aromatic rings. The number of quaternary nitrogens is 1. The first-order valence-corrected chi connectivity index (χ1v) is 9.98. The normalized spacial score (nSPS) is 14.0. The Morgan fingerprint density at radius 1 is 1.07 bits per heavy atom. The first-order valence-electron chi connectivity index (χ1n) is 9.61. The minimum Gasteiger partial charge on any atom is -0.350 e. The Bertz CT molecular complexity index is 765. The van der Waals surface area contributed by atoms with Crippen molar-refractivity contribution in [1.29, 1.82) is 0 Å². The van der Waals surface area contributed by atoms with E-state index >= 15 is 0 Å². The summed E-state index contributed by atoms with van der Waals surface area (Å²) in [6, 6.07) is 16.8. The molecule has 0 aromatic heterocycles. The molecule has 0 heterocycles. The largest absolute Gasteiger partial charge is 0.350 e. The monoisotopic (exact) mass is 402 g/mol. The number of hydrogen-bond donors (Lipinski definition) is 3. The lowest BCUT2D eigenvalue weighted by Gasteiger charge is -2.22. The van der Waals surface area contributed by atoms with E-state index in [0.29, 0.717) is 17.3 Å². The molecule has 5 nitrogen and oxygen atoms in total. The summed E-state index contributed by atoms with van der Waals surface area (Å²) in [4.78, 5) is 25.6. The number of carbonyl (C=O) groups excluding carboxylic acids is 2. The number of amides is 2. The molecule has 0 saturated carbocycles. The van der Waals surface area contributed by atoms with Crippen molar-refractivity contribution in [2.24, 2.45) is 0 Å². The fraction of sp³-hybridized carbons (Fsp3) is 0.364. The first kappa shape index (κ1) is 21.9. The van der Waals surface area contributed by atoms with Crippen LogP contribution in [0.2, 0.25) is 5.02 Å². The second kappa shape index (κ2) is 10.8.